The van der Waals surface area contributed by atoms with Gasteiger partial charge in [0.1, 0.15) is 4.21 Å². The molecule has 0 aliphatic rings. The van der Waals surface area contributed by atoms with Crippen LogP contribution in [0.15, 0.2) is 4.21 Å². The summed E-state index contributed by atoms with van der Waals surface area (Å²) in [5, 5.41) is 3.64. The van der Waals surface area contributed by atoms with Gasteiger partial charge in [0.05, 0.1) is 0 Å². The molecule has 1 N–H and O–H groups in total. The molecule has 0 fully saturated rings. The molecule has 0 unspecified atom stereocenters. The summed E-state index contributed by atoms with van der Waals surface area (Å²) in [6.07, 6.45) is 0. The first-order valence-corrected chi connectivity index (χ1v) is 3.43. The first-order valence-electron chi connectivity index (χ1n) is 1.76. The van der Waals surface area contributed by atoms with Crippen LogP contribution in [0.25, 0.3) is 0 Å². The van der Waals surface area contributed by atoms with Crippen molar-refractivity contribution in [1.82, 2.24) is 9.59 Å². The Bertz CT molecular complexity index is 173. The van der Waals surface area contributed by atoms with Gasteiger partial charge >= 0.3 is 0 Å². The summed E-state index contributed by atoms with van der Waals surface area (Å²) in [6.45, 7) is 0. The van der Waals surface area contributed by atoms with Crippen LogP contribution in [0.3, 0.4) is 0 Å². The summed E-state index contributed by atoms with van der Waals surface area (Å²) in [6, 6.07) is 0. The third-order valence-electron chi connectivity index (χ3n) is 0.577. The summed E-state index contributed by atoms with van der Waals surface area (Å²) in [5.74, 6) is 0.613. The molecule has 0 aliphatic heterocycles. The van der Waals surface area contributed by atoms with E-state index in [1.165, 1.54) is 11.5 Å². The lowest BCUT2D eigenvalue weighted by Gasteiger charge is -1.86. The maximum atomic E-state index is 4.01. The Morgan fingerprint density at radius 2 is 2.38 bits per heavy atom. The van der Waals surface area contributed by atoms with Crippen molar-refractivity contribution in [3.05, 3.63) is 0 Å². The van der Waals surface area contributed by atoms with E-state index in [0.717, 1.165) is 4.21 Å². The molecular weight excluding hydrogens is 162 g/mol. The van der Waals surface area contributed by atoms with Crippen LogP contribution in [0.2, 0.25) is 0 Å². The van der Waals surface area contributed by atoms with E-state index in [0.29, 0.717) is 5.82 Å². The van der Waals surface area contributed by atoms with Gasteiger partial charge < -0.3 is 4.72 Å². The summed E-state index contributed by atoms with van der Waals surface area (Å²) in [7, 11) is 0. The number of nitrogens with one attached hydrogen (secondary N) is 1. The van der Waals surface area contributed by atoms with Crippen LogP contribution >= 0.6 is 37.0 Å². The summed E-state index contributed by atoms with van der Waals surface area (Å²) >= 11 is 8.98. The number of hydrogen-bond acceptors (Lipinski definition) is 6. The maximum absolute atomic E-state index is 4.01. The fourth-order valence-electron chi connectivity index (χ4n) is 0.256. The zero-order valence-electron chi connectivity index (χ0n) is 3.70. The van der Waals surface area contributed by atoms with Crippen LogP contribution in [0.1, 0.15) is 0 Å². The first-order chi connectivity index (χ1) is 3.84. The molecule has 1 heterocycles. The van der Waals surface area contributed by atoms with Crippen LogP contribution in [-0.2, 0) is 0 Å². The minimum absolute atomic E-state index is 0.613. The number of anilines is 1. The molecule has 0 aromatic carbocycles. The van der Waals surface area contributed by atoms with Crippen molar-refractivity contribution in [3.8, 4) is 0 Å². The van der Waals surface area contributed by atoms with Crippen molar-refractivity contribution in [2.24, 2.45) is 0 Å². The molecule has 0 spiro atoms. The standard InChI is InChI=1S/C2H3N3S3/c6-2-1(4-7)3-5-8-2/h4,6-7H. The van der Waals surface area contributed by atoms with Gasteiger partial charge in [-0.2, -0.15) is 0 Å². The lowest BCUT2D eigenvalue weighted by molar-refractivity contribution is 1.16. The van der Waals surface area contributed by atoms with Crippen LogP contribution in [0.5, 0.6) is 0 Å². The van der Waals surface area contributed by atoms with Crippen LogP contribution in [0.4, 0.5) is 5.82 Å². The number of thiol groups is 2. The molecule has 0 saturated heterocycles. The lowest BCUT2D eigenvalue weighted by atomic mass is 10.9. The maximum Gasteiger partial charge on any atom is 0.184 e. The fourth-order valence-corrected chi connectivity index (χ4v) is 1.16. The normalized spacial score (nSPS) is 9.25. The Morgan fingerprint density at radius 3 is 2.62 bits per heavy atom. The molecule has 1 rings (SSSR count). The van der Waals surface area contributed by atoms with E-state index < -0.39 is 0 Å². The van der Waals surface area contributed by atoms with E-state index in [1.54, 1.807) is 0 Å². The van der Waals surface area contributed by atoms with Crippen LogP contribution < -0.4 is 4.72 Å². The zero-order valence-corrected chi connectivity index (χ0v) is 6.30. The van der Waals surface area contributed by atoms with Crippen LogP contribution in [-0.4, -0.2) is 9.59 Å². The van der Waals surface area contributed by atoms with E-state index in [2.05, 4.69) is 39.8 Å². The highest BCUT2D eigenvalue weighted by Gasteiger charge is 1.97. The monoisotopic (exact) mass is 165 g/mol. The van der Waals surface area contributed by atoms with Gasteiger partial charge in [-0.05, 0) is 11.5 Å². The second-order valence-electron chi connectivity index (χ2n) is 1.04. The highest BCUT2D eigenvalue weighted by Crippen LogP contribution is 2.19. The smallest absolute Gasteiger partial charge is 0.184 e. The molecule has 0 atom stereocenters. The zero-order chi connectivity index (χ0) is 5.98. The van der Waals surface area contributed by atoms with Gasteiger partial charge in [-0.25, -0.2) is 0 Å². The van der Waals surface area contributed by atoms with Gasteiger partial charge in [0, 0.05) is 0 Å². The molecule has 0 saturated carbocycles. The minimum Gasteiger partial charge on any atom is -0.314 e. The fraction of sp³-hybridized carbons (Fsp3) is 0. The van der Waals surface area contributed by atoms with Gasteiger partial charge in [0.25, 0.3) is 0 Å². The average Bonchev–Trinajstić information content (AvgIpc) is 2.14. The van der Waals surface area contributed by atoms with Gasteiger partial charge in [0.2, 0.25) is 0 Å². The minimum atomic E-state index is 0.613. The highest BCUT2D eigenvalue weighted by atomic mass is 32.2. The van der Waals surface area contributed by atoms with E-state index in [9.17, 15) is 0 Å². The van der Waals surface area contributed by atoms with Crippen molar-refractivity contribution in [1.29, 1.82) is 0 Å². The van der Waals surface area contributed by atoms with Gasteiger partial charge in [-0.1, -0.05) is 17.3 Å². The molecule has 1 aromatic rings. The third-order valence-corrected chi connectivity index (χ3v) is 1.77. The lowest BCUT2D eigenvalue weighted by Crippen LogP contribution is -1.79. The predicted molar refractivity (Wildman–Crippen MR) is 39.8 cm³/mol. The Balaban J connectivity index is 2.92. The summed E-state index contributed by atoms with van der Waals surface area (Å²) < 4.78 is 6.88. The highest BCUT2D eigenvalue weighted by molar-refractivity contribution is 7.83. The number of aromatic nitrogens is 2. The SMILES string of the molecule is SNc1nnsc1S. The topological polar surface area (TPSA) is 37.8 Å². The van der Waals surface area contributed by atoms with Crippen molar-refractivity contribution in [3.63, 3.8) is 0 Å². The van der Waals surface area contributed by atoms with Crippen molar-refractivity contribution in [2.45, 2.75) is 4.21 Å². The Labute approximate surface area is 61.6 Å². The number of rotatable bonds is 1. The van der Waals surface area contributed by atoms with Gasteiger partial charge in [-0.15, -0.1) is 17.7 Å². The largest absolute Gasteiger partial charge is 0.314 e. The van der Waals surface area contributed by atoms with Crippen molar-refractivity contribution >= 4 is 42.8 Å². The Morgan fingerprint density at radius 1 is 1.62 bits per heavy atom. The van der Waals surface area contributed by atoms with Gasteiger partial charge in [-0.3, -0.25) is 0 Å². The van der Waals surface area contributed by atoms with E-state index in [-0.39, 0.29) is 0 Å². The Kier molecular flexibility index (Phi) is 1.98. The molecule has 0 radical (unpaired) electrons. The quantitative estimate of drug-likeness (QED) is 0.545. The average molecular weight is 165 g/mol. The Hall–Kier alpha value is 0.0600. The predicted octanol–water partition coefficient (Wildman–Crippen LogP) is 1.08. The molecule has 3 nitrogen and oxygen atoms in total. The van der Waals surface area contributed by atoms with E-state index in [4.69, 9.17) is 0 Å². The number of hydrogen-bond donors (Lipinski definition) is 3. The second kappa shape index (κ2) is 2.56. The molecule has 0 amide bonds. The number of nitrogens with zero attached hydrogens (tertiary/aromatic N) is 2. The van der Waals surface area contributed by atoms with E-state index in [1.807, 2.05) is 0 Å². The molecule has 8 heavy (non-hydrogen) atoms. The van der Waals surface area contributed by atoms with E-state index >= 15 is 0 Å². The van der Waals surface area contributed by atoms with Gasteiger partial charge in [0.15, 0.2) is 5.82 Å². The molecule has 0 bridgehead atoms. The van der Waals surface area contributed by atoms with Crippen LogP contribution in [0, 0.1) is 0 Å². The second-order valence-corrected chi connectivity index (χ2v) is 2.77. The summed E-state index contributed by atoms with van der Waals surface area (Å²) in [4.78, 5) is 0. The first kappa shape index (κ1) is 6.18. The molecular formula is C2H3N3S3. The molecule has 0 aliphatic carbocycles. The molecule has 1 aromatic heterocycles. The third kappa shape index (κ3) is 1.07. The molecule has 44 valence electrons. The summed E-state index contributed by atoms with van der Waals surface area (Å²) in [5.41, 5.74) is 0. The van der Waals surface area contributed by atoms with Crippen molar-refractivity contribution < 1.29 is 0 Å². The molecule has 6 heteroatoms. The van der Waals surface area contributed by atoms with Crippen molar-refractivity contribution in [2.75, 3.05) is 4.72 Å².